The Morgan fingerprint density at radius 3 is 2.60 bits per heavy atom. The van der Waals surface area contributed by atoms with Crippen LogP contribution >= 0.6 is 0 Å². The first-order chi connectivity index (χ1) is 7.07. The number of benzene rings is 1. The summed E-state index contributed by atoms with van der Waals surface area (Å²) in [5.74, 6) is -1.62. The molecule has 0 saturated carbocycles. The summed E-state index contributed by atoms with van der Waals surface area (Å²) in [4.78, 5) is 11.3. The zero-order valence-corrected chi connectivity index (χ0v) is 7.84. The summed E-state index contributed by atoms with van der Waals surface area (Å²) in [5, 5.41) is 0. The summed E-state index contributed by atoms with van der Waals surface area (Å²) in [6, 6.07) is 3.31. The first-order valence-electron chi connectivity index (χ1n) is 4.37. The molecule has 0 aliphatic heterocycles. The van der Waals surface area contributed by atoms with Crippen molar-refractivity contribution in [2.45, 2.75) is 12.8 Å². The van der Waals surface area contributed by atoms with Crippen molar-refractivity contribution in [2.24, 2.45) is 5.73 Å². The zero-order valence-electron chi connectivity index (χ0n) is 7.84. The van der Waals surface area contributed by atoms with Crippen LogP contribution in [0.5, 0.6) is 0 Å². The van der Waals surface area contributed by atoms with Gasteiger partial charge in [0.25, 0.3) is 6.43 Å². The SMILES string of the molecule is NCCC(=O)c1cccc(F)c1C(F)F. The summed E-state index contributed by atoms with van der Waals surface area (Å²) in [5.41, 5.74) is 4.01. The largest absolute Gasteiger partial charge is 0.330 e. The Kier molecular flexibility index (Phi) is 3.85. The van der Waals surface area contributed by atoms with E-state index in [0.717, 1.165) is 6.07 Å². The second-order valence-corrected chi connectivity index (χ2v) is 2.96. The van der Waals surface area contributed by atoms with Crippen LogP contribution in [0.3, 0.4) is 0 Å². The van der Waals surface area contributed by atoms with Gasteiger partial charge in [-0.3, -0.25) is 4.79 Å². The zero-order chi connectivity index (χ0) is 11.4. The molecule has 1 aromatic rings. The van der Waals surface area contributed by atoms with E-state index in [0.29, 0.717) is 0 Å². The van der Waals surface area contributed by atoms with Crippen molar-refractivity contribution in [3.05, 3.63) is 35.1 Å². The first-order valence-corrected chi connectivity index (χ1v) is 4.37. The summed E-state index contributed by atoms with van der Waals surface area (Å²) in [6.45, 7) is 0.0536. The van der Waals surface area contributed by atoms with Gasteiger partial charge in [-0.2, -0.15) is 0 Å². The van der Waals surface area contributed by atoms with Gasteiger partial charge >= 0.3 is 0 Å². The molecule has 2 nitrogen and oxygen atoms in total. The molecule has 0 aliphatic rings. The fraction of sp³-hybridized carbons (Fsp3) is 0.300. The third kappa shape index (κ3) is 2.56. The lowest BCUT2D eigenvalue weighted by atomic mass is 10.0. The quantitative estimate of drug-likeness (QED) is 0.786. The summed E-state index contributed by atoms with van der Waals surface area (Å²) in [6.07, 6.45) is -3.06. The van der Waals surface area contributed by atoms with E-state index >= 15 is 0 Å². The molecule has 0 aliphatic carbocycles. The van der Waals surface area contributed by atoms with Gasteiger partial charge in [-0.05, 0) is 12.6 Å². The van der Waals surface area contributed by atoms with Gasteiger partial charge in [-0.15, -0.1) is 0 Å². The van der Waals surface area contributed by atoms with Crippen LogP contribution in [-0.4, -0.2) is 12.3 Å². The molecule has 0 amide bonds. The Hall–Kier alpha value is -1.36. The fourth-order valence-corrected chi connectivity index (χ4v) is 1.27. The fourth-order valence-electron chi connectivity index (χ4n) is 1.27. The Morgan fingerprint density at radius 1 is 1.40 bits per heavy atom. The molecule has 0 fully saturated rings. The minimum absolute atomic E-state index is 0.0536. The third-order valence-electron chi connectivity index (χ3n) is 1.94. The van der Waals surface area contributed by atoms with Crippen molar-refractivity contribution >= 4 is 5.78 Å². The molecule has 0 unspecified atom stereocenters. The maximum Gasteiger partial charge on any atom is 0.267 e. The Bertz CT molecular complexity index is 366. The van der Waals surface area contributed by atoms with E-state index in [1.165, 1.54) is 12.1 Å². The minimum Gasteiger partial charge on any atom is -0.330 e. The van der Waals surface area contributed by atoms with E-state index in [1.54, 1.807) is 0 Å². The third-order valence-corrected chi connectivity index (χ3v) is 1.94. The number of hydrogen-bond donors (Lipinski definition) is 1. The number of carbonyl (C=O) groups is 1. The van der Waals surface area contributed by atoms with E-state index < -0.39 is 23.6 Å². The monoisotopic (exact) mass is 217 g/mol. The van der Waals surface area contributed by atoms with Crippen LogP contribution in [0.15, 0.2) is 18.2 Å². The van der Waals surface area contributed by atoms with Gasteiger partial charge in [0, 0.05) is 12.0 Å². The average molecular weight is 217 g/mol. The van der Waals surface area contributed by atoms with Crippen LogP contribution in [0.2, 0.25) is 0 Å². The van der Waals surface area contributed by atoms with Crippen molar-refractivity contribution in [3.63, 3.8) is 0 Å². The van der Waals surface area contributed by atoms with Gasteiger partial charge in [0.15, 0.2) is 5.78 Å². The average Bonchev–Trinajstić information content (AvgIpc) is 2.17. The molecule has 0 atom stereocenters. The van der Waals surface area contributed by atoms with Gasteiger partial charge in [0.2, 0.25) is 0 Å². The molecule has 1 aromatic carbocycles. The molecule has 82 valence electrons. The number of carbonyl (C=O) groups excluding carboxylic acids is 1. The van der Waals surface area contributed by atoms with Gasteiger partial charge in [-0.25, -0.2) is 13.2 Å². The number of rotatable bonds is 4. The number of ketones is 1. The van der Waals surface area contributed by atoms with Crippen LogP contribution in [0, 0.1) is 5.82 Å². The van der Waals surface area contributed by atoms with Crippen molar-refractivity contribution < 1.29 is 18.0 Å². The van der Waals surface area contributed by atoms with Crippen LogP contribution in [-0.2, 0) is 0 Å². The molecule has 2 N–H and O–H groups in total. The van der Waals surface area contributed by atoms with Crippen molar-refractivity contribution in [2.75, 3.05) is 6.54 Å². The Balaban J connectivity index is 3.17. The second kappa shape index (κ2) is 4.93. The van der Waals surface area contributed by atoms with E-state index in [-0.39, 0.29) is 18.5 Å². The molecule has 0 spiro atoms. The van der Waals surface area contributed by atoms with E-state index in [2.05, 4.69) is 0 Å². The highest BCUT2D eigenvalue weighted by Gasteiger charge is 2.21. The maximum atomic E-state index is 13.0. The predicted molar refractivity (Wildman–Crippen MR) is 49.4 cm³/mol. The molecular weight excluding hydrogens is 207 g/mol. The van der Waals surface area contributed by atoms with Crippen LogP contribution in [0.25, 0.3) is 0 Å². The molecule has 0 bridgehead atoms. The smallest absolute Gasteiger partial charge is 0.267 e. The number of nitrogens with two attached hydrogens (primary N) is 1. The molecule has 0 radical (unpaired) electrons. The maximum absolute atomic E-state index is 13.0. The minimum atomic E-state index is -3.00. The van der Waals surface area contributed by atoms with Crippen molar-refractivity contribution in [3.8, 4) is 0 Å². The predicted octanol–water partition coefficient (Wildman–Crippen LogP) is 2.29. The molecule has 0 saturated heterocycles. The summed E-state index contributed by atoms with van der Waals surface area (Å²) < 4.78 is 38.0. The molecule has 0 heterocycles. The van der Waals surface area contributed by atoms with Crippen LogP contribution in [0.4, 0.5) is 13.2 Å². The molecule has 5 heteroatoms. The highest BCUT2D eigenvalue weighted by molar-refractivity contribution is 5.97. The molecule has 0 aromatic heterocycles. The van der Waals surface area contributed by atoms with Gasteiger partial charge in [0.1, 0.15) is 5.82 Å². The van der Waals surface area contributed by atoms with Gasteiger partial charge in [-0.1, -0.05) is 12.1 Å². The summed E-state index contributed by atoms with van der Waals surface area (Å²) in [7, 11) is 0. The first kappa shape index (κ1) is 11.7. The Morgan fingerprint density at radius 2 is 2.07 bits per heavy atom. The highest BCUT2D eigenvalue weighted by Crippen LogP contribution is 2.26. The standard InChI is InChI=1S/C10H10F3NO/c11-7-3-1-2-6(8(15)4-5-14)9(7)10(12)13/h1-3,10H,4-5,14H2. The number of halogens is 3. The lowest BCUT2D eigenvalue weighted by Gasteiger charge is -2.08. The van der Waals surface area contributed by atoms with E-state index in [9.17, 15) is 18.0 Å². The van der Waals surface area contributed by atoms with Gasteiger partial charge < -0.3 is 5.73 Å². The van der Waals surface area contributed by atoms with Crippen molar-refractivity contribution in [1.82, 2.24) is 0 Å². The molecular formula is C10H10F3NO. The topological polar surface area (TPSA) is 43.1 Å². The number of alkyl halides is 2. The van der Waals surface area contributed by atoms with Crippen LogP contribution in [0.1, 0.15) is 28.8 Å². The number of Topliss-reactive ketones (excluding diaryl/α,β-unsaturated/α-hetero) is 1. The van der Waals surface area contributed by atoms with Crippen molar-refractivity contribution in [1.29, 1.82) is 0 Å². The van der Waals surface area contributed by atoms with E-state index in [1.807, 2.05) is 0 Å². The second-order valence-electron chi connectivity index (χ2n) is 2.96. The Labute approximate surface area is 84.9 Å². The molecule has 1 rings (SSSR count). The van der Waals surface area contributed by atoms with E-state index in [4.69, 9.17) is 5.73 Å². The molecule has 15 heavy (non-hydrogen) atoms. The number of hydrogen-bond acceptors (Lipinski definition) is 2. The summed E-state index contributed by atoms with van der Waals surface area (Å²) >= 11 is 0. The normalized spacial score (nSPS) is 10.7. The van der Waals surface area contributed by atoms with Crippen LogP contribution < -0.4 is 5.73 Å². The van der Waals surface area contributed by atoms with Gasteiger partial charge in [0.05, 0.1) is 5.56 Å². The lowest BCUT2D eigenvalue weighted by molar-refractivity contribution is 0.0968. The lowest BCUT2D eigenvalue weighted by Crippen LogP contribution is -2.11. The highest BCUT2D eigenvalue weighted by atomic mass is 19.3.